The van der Waals surface area contributed by atoms with Crippen LogP contribution in [0, 0.1) is 0 Å². The first-order valence-corrected chi connectivity index (χ1v) is 16.4. The van der Waals surface area contributed by atoms with E-state index in [1.165, 1.54) is 16.7 Å². The van der Waals surface area contributed by atoms with E-state index >= 15 is 0 Å². The lowest BCUT2D eigenvalue weighted by molar-refractivity contribution is 1.19. The molecule has 0 atom stereocenters. The van der Waals surface area contributed by atoms with Crippen molar-refractivity contribution in [1.82, 2.24) is 9.38 Å². The average Bonchev–Trinajstić information content (AvgIpc) is 3.51. The highest BCUT2D eigenvalue weighted by molar-refractivity contribution is 6.19. The minimum Gasteiger partial charge on any atom is -0.268 e. The van der Waals surface area contributed by atoms with Crippen LogP contribution in [-0.4, -0.2) is 9.38 Å². The molecule has 0 amide bonds. The standard InChI is InChI=1S/C45H34N2O/c1-4-8-29-13-19-32(20-14-29)35-27-40(34-23-17-31(10-6-3)18-24-34)43-41(28-35)47-44(46-43)38-26-25-36(33-21-15-30(9-5-2)16-22-33)37-11-7-12-39(42(37)38)45(47)48/h4-7,11-28H,1-3,8-10H2. The molecule has 230 valence electrons. The van der Waals surface area contributed by atoms with Gasteiger partial charge in [-0.1, -0.05) is 109 Å². The van der Waals surface area contributed by atoms with E-state index in [-0.39, 0.29) is 5.56 Å². The molecule has 0 saturated carbocycles. The Bertz CT molecular complexity index is 2570. The third-order valence-corrected chi connectivity index (χ3v) is 9.43. The second-order valence-electron chi connectivity index (χ2n) is 12.4. The predicted octanol–water partition coefficient (Wildman–Crippen LogP) is 10.8. The maximum Gasteiger partial charge on any atom is 0.264 e. The third-order valence-electron chi connectivity index (χ3n) is 9.43. The molecule has 8 aromatic rings. The summed E-state index contributed by atoms with van der Waals surface area (Å²) >= 11 is 0. The molecule has 2 aromatic heterocycles. The van der Waals surface area contributed by atoms with Crippen LogP contribution in [0.1, 0.15) is 16.7 Å². The Hall–Kier alpha value is -6.06. The fourth-order valence-electron chi connectivity index (χ4n) is 7.07. The summed E-state index contributed by atoms with van der Waals surface area (Å²) in [5.41, 5.74) is 12.2. The van der Waals surface area contributed by atoms with Gasteiger partial charge in [-0.2, -0.15) is 0 Å². The van der Waals surface area contributed by atoms with Gasteiger partial charge in [0.25, 0.3) is 5.56 Å². The van der Waals surface area contributed by atoms with Crippen LogP contribution in [0.15, 0.2) is 158 Å². The molecule has 2 heterocycles. The number of allylic oxidation sites excluding steroid dienone is 3. The Morgan fingerprint density at radius 1 is 0.542 bits per heavy atom. The fourth-order valence-corrected chi connectivity index (χ4v) is 7.07. The Morgan fingerprint density at radius 3 is 1.67 bits per heavy atom. The van der Waals surface area contributed by atoms with E-state index in [2.05, 4.69) is 123 Å². The predicted molar refractivity (Wildman–Crippen MR) is 203 cm³/mol. The summed E-state index contributed by atoms with van der Waals surface area (Å²) in [5, 5.41) is 3.65. The summed E-state index contributed by atoms with van der Waals surface area (Å²) in [7, 11) is 0. The van der Waals surface area contributed by atoms with Crippen molar-refractivity contribution in [3.8, 4) is 33.4 Å². The topological polar surface area (TPSA) is 34.4 Å². The Labute approximate surface area is 279 Å². The number of rotatable bonds is 9. The first kappa shape index (κ1) is 29.3. The second kappa shape index (κ2) is 11.9. The highest BCUT2D eigenvalue weighted by atomic mass is 16.1. The lowest BCUT2D eigenvalue weighted by Gasteiger charge is -2.12. The lowest BCUT2D eigenvalue weighted by atomic mass is 9.93. The zero-order chi connectivity index (χ0) is 32.8. The normalized spacial score (nSPS) is 11.5. The average molecular weight is 619 g/mol. The molecule has 0 unspecified atom stereocenters. The zero-order valence-corrected chi connectivity index (χ0v) is 26.7. The quantitative estimate of drug-likeness (QED) is 0.151. The summed E-state index contributed by atoms with van der Waals surface area (Å²) < 4.78 is 1.82. The van der Waals surface area contributed by atoms with Crippen molar-refractivity contribution >= 4 is 38.2 Å². The summed E-state index contributed by atoms with van der Waals surface area (Å²) in [6.45, 7) is 11.7. The summed E-state index contributed by atoms with van der Waals surface area (Å²) in [4.78, 5) is 19.8. The lowest BCUT2D eigenvalue weighted by Crippen LogP contribution is -2.13. The molecule has 0 aliphatic rings. The van der Waals surface area contributed by atoms with Gasteiger partial charge in [-0.3, -0.25) is 9.20 Å². The number of hydrogen-bond acceptors (Lipinski definition) is 2. The van der Waals surface area contributed by atoms with Crippen molar-refractivity contribution in [3.63, 3.8) is 0 Å². The van der Waals surface area contributed by atoms with E-state index in [4.69, 9.17) is 4.98 Å². The van der Waals surface area contributed by atoms with Crippen molar-refractivity contribution < 1.29 is 0 Å². The number of hydrogen-bond donors (Lipinski definition) is 0. The van der Waals surface area contributed by atoms with Crippen LogP contribution in [0.5, 0.6) is 0 Å². The number of pyridine rings is 1. The van der Waals surface area contributed by atoms with Gasteiger partial charge in [-0.05, 0) is 93.4 Å². The van der Waals surface area contributed by atoms with Crippen LogP contribution in [-0.2, 0) is 19.3 Å². The van der Waals surface area contributed by atoms with Crippen LogP contribution in [0.25, 0.3) is 71.6 Å². The number of nitrogens with zero attached hydrogens (tertiary/aromatic N) is 2. The van der Waals surface area contributed by atoms with Gasteiger partial charge in [-0.25, -0.2) is 4.98 Å². The molecule has 6 aromatic carbocycles. The first-order valence-electron chi connectivity index (χ1n) is 16.4. The minimum atomic E-state index is -0.0603. The molecule has 0 aliphatic carbocycles. The van der Waals surface area contributed by atoms with E-state index in [1.54, 1.807) is 0 Å². The molecule has 0 spiro atoms. The smallest absolute Gasteiger partial charge is 0.264 e. The molecule has 0 saturated heterocycles. The Balaban J connectivity index is 1.41. The molecule has 3 nitrogen and oxygen atoms in total. The fraction of sp³-hybridized carbons (Fsp3) is 0.0667. The molecule has 48 heavy (non-hydrogen) atoms. The van der Waals surface area contributed by atoms with Crippen molar-refractivity contribution in [2.24, 2.45) is 0 Å². The van der Waals surface area contributed by atoms with E-state index in [9.17, 15) is 4.79 Å². The Kier molecular flexibility index (Phi) is 7.30. The molecular formula is C45H34N2O. The van der Waals surface area contributed by atoms with Gasteiger partial charge in [0.05, 0.1) is 11.0 Å². The first-order chi connectivity index (χ1) is 23.6. The molecular weight excluding hydrogens is 585 g/mol. The van der Waals surface area contributed by atoms with Gasteiger partial charge in [-0.15, -0.1) is 19.7 Å². The monoisotopic (exact) mass is 618 g/mol. The maximum absolute atomic E-state index is 14.6. The van der Waals surface area contributed by atoms with Crippen LogP contribution in [0.4, 0.5) is 0 Å². The SMILES string of the molecule is C=CCc1ccc(-c2cc(-c3ccc(CC=C)cc3)c3nc4c5ccc(-c6ccc(CC=C)cc6)c6cccc(c(=O)n4c3c2)c65)cc1. The molecule has 0 aliphatic heterocycles. The van der Waals surface area contributed by atoms with E-state index in [0.717, 1.165) is 79.8 Å². The number of fused-ring (bicyclic) bond motifs is 4. The maximum atomic E-state index is 14.6. The minimum absolute atomic E-state index is 0.0603. The van der Waals surface area contributed by atoms with E-state index in [1.807, 2.05) is 34.8 Å². The van der Waals surface area contributed by atoms with Crippen molar-refractivity contribution in [2.75, 3.05) is 0 Å². The van der Waals surface area contributed by atoms with Crippen molar-refractivity contribution in [2.45, 2.75) is 19.3 Å². The summed E-state index contributed by atoms with van der Waals surface area (Å²) in [6, 6.07) is 40.4. The molecule has 0 N–H and O–H groups in total. The molecule has 0 fully saturated rings. The summed E-state index contributed by atoms with van der Waals surface area (Å²) in [6.07, 6.45) is 8.21. The van der Waals surface area contributed by atoms with E-state index in [0.29, 0.717) is 11.0 Å². The van der Waals surface area contributed by atoms with Crippen LogP contribution in [0.2, 0.25) is 0 Å². The van der Waals surface area contributed by atoms with Gasteiger partial charge in [0, 0.05) is 21.7 Å². The van der Waals surface area contributed by atoms with Gasteiger partial charge >= 0.3 is 0 Å². The Morgan fingerprint density at radius 2 is 1.08 bits per heavy atom. The van der Waals surface area contributed by atoms with Crippen molar-refractivity contribution in [1.29, 1.82) is 0 Å². The number of imidazole rings is 1. The van der Waals surface area contributed by atoms with Gasteiger partial charge in [0.15, 0.2) is 0 Å². The van der Waals surface area contributed by atoms with Crippen molar-refractivity contribution in [3.05, 3.63) is 180 Å². The highest BCUT2D eigenvalue weighted by Gasteiger charge is 2.21. The van der Waals surface area contributed by atoms with Gasteiger partial charge in [0.2, 0.25) is 0 Å². The van der Waals surface area contributed by atoms with Gasteiger partial charge < -0.3 is 0 Å². The second-order valence-corrected chi connectivity index (χ2v) is 12.4. The molecule has 3 heteroatoms. The molecule has 8 rings (SSSR count). The van der Waals surface area contributed by atoms with E-state index < -0.39 is 0 Å². The van der Waals surface area contributed by atoms with Crippen LogP contribution in [0.3, 0.4) is 0 Å². The third kappa shape index (κ3) is 4.83. The van der Waals surface area contributed by atoms with Crippen LogP contribution >= 0.6 is 0 Å². The number of benzene rings is 6. The highest BCUT2D eigenvalue weighted by Crippen LogP contribution is 2.39. The number of aromatic nitrogens is 2. The molecule has 0 bridgehead atoms. The van der Waals surface area contributed by atoms with Crippen LogP contribution < -0.4 is 5.56 Å². The largest absolute Gasteiger partial charge is 0.268 e. The zero-order valence-electron chi connectivity index (χ0n) is 26.7. The molecule has 0 radical (unpaired) electrons. The van der Waals surface area contributed by atoms with Gasteiger partial charge in [0.1, 0.15) is 5.65 Å². The summed E-state index contributed by atoms with van der Waals surface area (Å²) in [5.74, 6) is 0.